The Balaban J connectivity index is -0.000000668. The number of ether oxygens (including phenoxy) is 1. The molecule has 0 spiro atoms. The number of hydrogen-bond donors (Lipinski definition) is 15. The molecule has 0 aliphatic carbocycles. The average molecular weight is 1510 g/mol. The summed E-state index contributed by atoms with van der Waals surface area (Å²) < 4.78 is 4.47. The van der Waals surface area contributed by atoms with Gasteiger partial charge in [-0.2, -0.15) is 0 Å². The lowest BCUT2D eigenvalue weighted by Crippen LogP contribution is -2.25. The van der Waals surface area contributed by atoms with Crippen molar-refractivity contribution in [2.45, 2.75) is 223 Å². The molecule has 0 saturated heterocycles. The molecule has 0 bridgehead atoms. The fraction of sp³-hybridized carbons (Fsp3) is 0.409. The molecule has 0 radical (unpaired) electrons. The molecule has 20 nitrogen and oxygen atoms in total. The van der Waals surface area contributed by atoms with Gasteiger partial charge in [0.05, 0.1) is 79.9 Å². The lowest BCUT2D eigenvalue weighted by molar-refractivity contribution is -0.138. The van der Waals surface area contributed by atoms with E-state index < -0.39 is 91.2 Å². The van der Waals surface area contributed by atoms with Crippen molar-refractivity contribution in [3.05, 3.63) is 292 Å². The number of carbonyl (C=O) groups is 4. The number of aliphatic carboxylic acids is 3. The van der Waals surface area contributed by atoms with Gasteiger partial charge in [-0.25, -0.2) is 0 Å². The Bertz CT molecular complexity index is 2990. The minimum Gasteiger partial charge on any atom is -0.481 e. The van der Waals surface area contributed by atoms with Gasteiger partial charge in [0.1, 0.15) is 0 Å². The molecule has 0 heterocycles. The number of carboxylic acid groups (broad SMARTS) is 3. The first-order valence-electron chi connectivity index (χ1n) is 36.8. The lowest BCUT2D eigenvalue weighted by atomic mass is 10.1. The van der Waals surface area contributed by atoms with Crippen molar-refractivity contribution >= 4 is 24.4 Å². The van der Waals surface area contributed by atoms with Crippen molar-refractivity contribution in [3.8, 4) is 0 Å². The molecule has 0 aromatic carbocycles. The fourth-order valence-electron chi connectivity index (χ4n) is 7.71. The van der Waals surface area contributed by atoms with Gasteiger partial charge in [0.2, 0.25) is 0 Å². The third-order valence-electron chi connectivity index (χ3n) is 13.7. The highest BCUT2D eigenvalue weighted by Gasteiger charge is 2.13. The van der Waals surface area contributed by atoms with Gasteiger partial charge in [-0.15, -0.1) is 0 Å². The number of carbonyl (C=O) groups excluding carboxylic acids is 1. The Morgan fingerprint density at radius 3 is 0.870 bits per heavy atom. The molecule has 0 saturated carbocycles. The van der Waals surface area contributed by atoms with Crippen LogP contribution in [0.3, 0.4) is 0 Å². The zero-order valence-electron chi connectivity index (χ0n) is 63.6. The van der Waals surface area contributed by atoms with E-state index in [-0.39, 0.29) is 45.1 Å². The van der Waals surface area contributed by atoms with Crippen molar-refractivity contribution in [2.24, 2.45) is 0 Å². The number of aliphatic hydroxyl groups is 12. The second kappa shape index (κ2) is 82.2. The highest BCUT2D eigenvalue weighted by molar-refractivity contribution is 5.67. The third kappa shape index (κ3) is 86.1. The lowest BCUT2D eigenvalue weighted by Gasteiger charge is -2.13. The topological polar surface area (TPSA) is 381 Å². The minimum atomic E-state index is -1.00. The Hall–Kier alpha value is -8.84. The maximum Gasteiger partial charge on any atom is 0.303 e. The molecule has 0 rings (SSSR count). The van der Waals surface area contributed by atoms with Crippen LogP contribution in [0.1, 0.15) is 150 Å². The van der Waals surface area contributed by atoms with Crippen LogP contribution in [0.2, 0.25) is 0 Å². The molecule has 0 amide bonds. The first-order valence-corrected chi connectivity index (χ1v) is 36.8. The number of hydrogen-bond acceptors (Lipinski definition) is 17. The first kappa shape index (κ1) is 106. The van der Waals surface area contributed by atoms with Crippen molar-refractivity contribution in [1.82, 2.24) is 0 Å². The van der Waals surface area contributed by atoms with Crippen molar-refractivity contribution in [2.75, 3.05) is 6.61 Å². The SMILES string of the molecule is CC/C=C\C[C@@H](O)/C=C/C=C\C=C\C=C\[C@@H](O)[C@@H](O)C/C=C\CCC(=O)O.CC/C=C\C[C@H](O)/C=C/C=C\CC(O)/C=C/C=C/C=C/[C@@H](O)CCC(=O)O.CC/C=C\C[C@H](O)/C=C/C=C\C\C=C/C=C/C=C/C(O)[C@H](O)CCOC=O.CC/C=C\C[C@H](O)[C@@H](O)/C=C/C=C/C=C\C=C\[C@@H](O)C/C=C\CCC(=O)O. The van der Waals surface area contributed by atoms with Gasteiger partial charge in [0, 0.05) is 25.7 Å². The maximum atomic E-state index is 10.4. The fourth-order valence-corrected chi connectivity index (χ4v) is 7.71. The molecule has 108 heavy (non-hydrogen) atoms. The van der Waals surface area contributed by atoms with Gasteiger partial charge >= 0.3 is 17.9 Å². The van der Waals surface area contributed by atoms with Gasteiger partial charge < -0.3 is 81.3 Å². The number of aliphatic hydroxyl groups excluding tert-OH is 12. The molecule has 0 aliphatic heterocycles. The molecular formula is C88H128O20. The minimum absolute atomic E-state index is 0.0530. The summed E-state index contributed by atoms with van der Waals surface area (Å²) in [5.74, 6) is -2.62. The number of rotatable bonds is 57. The molecule has 2 unspecified atom stereocenters. The summed E-state index contributed by atoms with van der Waals surface area (Å²) in [6.07, 6.45) is 85.2. The van der Waals surface area contributed by atoms with E-state index in [4.69, 9.17) is 15.3 Å². The van der Waals surface area contributed by atoms with E-state index in [1.807, 2.05) is 112 Å². The normalized spacial score (nSPS) is 16.6. The van der Waals surface area contributed by atoms with Gasteiger partial charge in [-0.3, -0.25) is 19.2 Å². The predicted molar refractivity (Wildman–Crippen MR) is 437 cm³/mol. The Labute approximate surface area is 643 Å². The molecule has 600 valence electrons. The van der Waals surface area contributed by atoms with E-state index in [9.17, 15) is 80.5 Å². The smallest absolute Gasteiger partial charge is 0.303 e. The average Bonchev–Trinajstić information content (AvgIpc) is 1.06. The van der Waals surface area contributed by atoms with E-state index >= 15 is 0 Å². The van der Waals surface area contributed by atoms with E-state index in [0.717, 1.165) is 32.1 Å². The van der Waals surface area contributed by atoms with Crippen LogP contribution in [0, 0.1) is 0 Å². The summed E-state index contributed by atoms with van der Waals surface area (Å²) in [5, 5.41) is 142. The van der Waals surface area contributed by atoms with E-state index in [2.05, 4.69) is 11.7 Å². The Kier molecular flexibility index (Phi) is 80.3. The molecule has 15 N–H and O–H groups in total. The highest BCUT2D eigenvalue weighted by Crippen LogP contribution is 2.08. The van der Waals surface area contributed by atoms with Gasteiger partial charge in [-0.1, -0.05) is 319 Å². The summed E-state index contributed by atoms with van der Waals surface area (Å²) in [6.45, 7) is 8.55. The highest BCUT2D eigenvalue weighted by atomic mass is 16.5. The molecule has 20 heteroatoms. The van der Waals surface area contributed by atoms with Crippen LogP contribution in [0.15, 0.2) is 292 Å². The second-order valence-electron chi connectivity index (χ2n) is 23.5. The van der Waals surface area contributed by atoms with Gasteiger partial charge in [0.25, 0.3) is 6.47 Å². The number of carboxylic acids is 3. The monoisotopic (exact) mass is 1500 g/mol. The molecular weight excluding hydrogens is 1380 g/mol. The van der Waals surface area contributed by atoms with E-state index in [1.165, 1.54) is 24.3 Å². The van der Waals surface area contributed by atoms with Crippen molar-refractivity contribution in [3.63, 3.8) is 0 Å². The van der Waals surface area contributed by atoms with Crippen LogP contribution in [-0.4, -0.2) is 181 Å². The van der Waals surface area contributed by atoms with Gasteiger partial charge in [-0.05, 0) is 96.3 Å². The molecule has 0 aromatic heterocycles. The summed E-state index contributed by atoms with van der Waals surface area (Å²) in [5.41, 5.74) is 0. The zero-order valence-corrected chi connectivity index (χ0v) is 63.6. The molecule has 0 aromatic rings. The van der Waals surface area contributed by atoms with Crippen LogP contribution < -0.4 is 0 Å². The second-order valence-corrected chi connectivity index (χ2v) is 23.5. The first-order chi connectivity index (χ1) is 52.0. The maximum absolute atomic E-state index is 10.4. The summed E-state index contributed by atoms with van der Waals surface area (Å²) >= 11 is 0. The third-order valence-corrected chi connectivity index (χ3v) is 13.7. The summed E-state index contributed by atoms with van der Waals surface area (Å²) in [7, 11) is 0. The van der Waals surface area contributed by atoms with Crippen LogP contribution in [0.25, 0.3) is 0 Å². The standard InChI is InChI=1S/4C22H32O5/c1-2-3-7-12-19(23)14-10-6-11-15-20(24)13-8-4-5-9-16-21(25)17-18-22(26)27;1-2-3-9-16-20(24)21(25)17-12-7-5-4-6-10-14-19(23)15-11-8-13-18-22(26)27;1-2-3-9-14-19(23)15-10-6-4-5-7-11-16-20(24)21(25)17-12-8-13-18-22(26)27;1-2-3-11-14-20(24)15-12-9-7-5-4-6-8-10-13-16-21(25)22(26)17-18-27-19-23/h3-11,13-14,16,19-21,23-25H,2,12,15,17-18H2,1H3,(H,26,27);3-12,14,17,19-21,23-25H,2,13,15-16,18H2,1H3,(H,26,27);3-12,15-16,19-21,23-25H,2,13-14,17-18H2,1H3,(H,26,27);3-4,6-13,15-16,19-22,24-26H,2,5,14,17-18H2,1H3/b5-4+,7-3-,11-6-,13-8+,14-10+,16-9+;6-4-,7-5+,9-3-,11-8-,14-10+,17-12+;6-4-,7-5+,9-3-,12-8-,15-10+,16-11+;6-4-,9-7-,10-8+,11-3-,15-12+,16-13+/t19-,20?,21+;19-,20+,21+;19-,20-,21+;20-,21?,22+/m0110/s1. The largest absolute Gasteiger partial charge is 0.481 e. The summed E-state index contributed by atoms with van der Waals surface area (Å²) in [4.78, 5) is 41.0. The molecule has 0 aliphatic rings. The Morgan fingerprint density at radius 1 is 0.269 bits per heavy atom. The van der Waals surface area contributed by atoms with Crippen LogP contribution in [-0.2, 0) is 23.9 Å². The predicted octanol–water partition coefficient (Wildman–Crippen LogP) is 13.5. The van der Waals surface area contributed by atoms with E-state index in [0.29, 0.717) is 57.8 Å². The number of allylic oxidation sites excluding steroid dienone is 32. The molecule has 12 atom stereocenters. The van der Waals surface area contributed by atoms with Crippen molar-refractivity contribution < 1.29 is 101 Å². The van der Waals surface area contributed by atoms with Crippen LogP contribution in [0.5, 0.6) is 0 Å². The zero-order chi connectivity index (χ0) is 81.2. The Morgan fingerprint density at radius 2 is 0.528 bits per heavy atom. The van der Waals surface area contributed by atoms with Crippen LogP contribution >= 0.6 is 0 Å². The molecule has 0 fully saturated rings. The van der Waals surface area contributed by atoms with Crippen molar-refractivity contribution in [1.29, 1.82) is 0 Å². The summed E-state index contributed by atoms with van der Waals surface area (Å²) in [6, 6.07) is 0. The van der Waals surface area contributed by atoms with Gasteiger partial charge in [0.15, 0.2) is 0 Å². The van der Waals surface area contributed by atoms with Crippen LogP contribution in [0.4, 0.5) is 0 Å². The van der Waals surface area contributed by atoms with E-state index in [1.54, 1.807) is 176 Å². The quantitative estimate of drug-likeness (QED) is 0.0116.